The van der Waals surface area contributed by atoms with E-state index in [4.69, 9.17) is 9.97 Å². The van der Waals surface area contributed by atoms with E-state index in [1.54, 1.807) is 18.7 Å². The maximum atomic E-state index is 13.6. The van der Waals surface area contributed by atoms with Crippen molar-refractivity contribution >= 4 is 22.7 Å². The highest BCUT2D eigenvalue weighted by Crippen LogP contribution is 2.32. The van der Waals surface area contributed by atoms with E-state index < -0.39 is 0 Å². The van der Waals surface area contributed by atoms with Crippen LogP contribution in [0.5, 0.6) is 0 Å². The van der Waals surface area contributed by atoms with Crippen LogP contribution >= 0.6 is 0 Å². The van der Waals surface area contributed by atoms with Gasteiger partial charge in [0.15, 0.2) is 0 Å². The Labute approximate surface area is 195 Å². The zero-order chi connectivity index (χ0) is 23.1. The topological polar surface area (TPSA) is 106 Å². The molecular weight excluding hydrogens is 428 g/mol. The van der Waals surface area contributed by atoms with Crippen LogP contribution in [0.3, 0.4) is 0 Å². The van der Waals surface area contributed by atoms with Gasteiger partial charge in [0, 0.05) is 41.4 Å². The van der Waals surface area contributed by atoms with E-state index in [0.29, 0.717) is 22.9 Å². The van der Waals surface area contributed by atoms with Gasteiger partial charge in [-0.1, -0.05) is 12.8 Å². The molecule has 0 aliphatic heterocycles. The number of hydrogen-bond donors (Lipinski definition) is 2. The number of nitrogens with one attached hydrogen (secondary N) is 2. The van der Waals surface area contributed by atoms with E-state index in [9.17, 15) is 4.79 Å². The largest absolute Gasteiger partial charge is 0.324 e. The summed E-state index contributed by atoms with van der Waals surface area (Å²) in [6.07, 6.45) is 11.3. The average molecular weight is 453 g/mol. The van der Waals surface area contributed by atoms with Crippen molar-refractivity contribution < 1.29 is 0 Å². The molecule has 6 rings (SSSR count). The molecule has 0 bridgehead atoms. The Kier molecular flexibility index (Phi) is 4.94. The smallest absolute Gasteiger partial charge is 0.261 e. The van der Waals surface area contributed by atoms with Crippen LogP contribution in [0.25, 0.3) is 28.0 Å². The van der Waals surface area contributed by atoms with Crippen LogP contribution in [0.2, 0.25) is 0 Å². The molecule has 0 amide bonds. The third kappa shape index (κ3) is 3.55. The Hall–Kier alpha value is -4.27. The summed E-state index contributed by atoms with van der Waals surface area (Å²) in [4.78, 5) is 27.3. The first-order chi connectivity index (χ1) is 16.7. The van der Waals surface area contributed by atoms with Crippen LogP contribution in [0.4, 0.5) is 11.6 Å². The number of hydrogen-bond acceptors (Lipinski definition) is 6. The van der Waals surface area contributed by atoms with E-state index in [0.717, 1.165) is 48.1 Å². The lowest BCUT2D eigenvalue weighted by Gasteiger charge is -2.19. The second kappa shape index (κ2) is 8.26. The predicted octanol–water partition coefficient (Wildman–Crippen LogP) is 4.53. The van der Waals surface area contributed by atoms with Gasteiger partial charge in [0.2, 0.25) is 5.95 Å². The van der Waals surface area contributed by atoms with Gasteiger partial charge in [0.25, 0.3) is 5.56 Å². The molecule has 170 valence electrons. The first kappa shape index (κ1) is 20.3. The Morgan fingerprint density at radius 1 is 1.06 bits per heavy atom. The quantitative estimate of drug-likeness (QED) is 0.406. The fraction of sp³-hybridized carbons (Fsp3) is 0.240. The molecule has 1 aliphatic carbocycles. The highest BCUT2D eigenvalue weighted by atomic mass is 16.1. The number of anilines is 2. The number of benzene rings is 1. The van der Waals surface area contributed by atoms with Gasteiger partial charge >= 0.3 is 0 Å². The van der Waals surface area contributed by atoms with Crippen molar-refractivity contribution in [2.75, 3.05) is 5.32 Å². The molecule has 1 aliphatic rings. The standard InChI is InChI=1S/C25H24N8O/c1-16-20-14-21(22-10-11-27-31-22)24(34)33(19-4-2-3-5-19)23(20)30-25(28-16)29-17-6-8-18(9-7-17)32-13-12-26-15-32/h6-15,19H,2-5H2,1H3,(H,27,31)(H,28,29,30). The van der Waals surface area contributed by atoms with Crippen LogP contribution in [-0.2, 0) is 0 Å². The summed E-state index contributed by atoms with van der Waals surface area (Å²) in [5.74, 6) is 0.473. The number of aromatic amines is 1. The average Bonchev–Trinajstić information content (AvgIpc) is 3.63. The second-order valence-electron chi connectivity index (χ2n) is 8.65. The van der Waals surface area contributed by atoms with E-state index in [1.807, 2.05) is 58.7 Å². The van der Waals surface area contributed by atoms with E-state index in [2.05, 4.69) is 20.5 Å². The summed E-state index contributed by atoms with van der Waals surface area (Å²) < 4.78 is 3.82. The monoisotopic (exact) mass is 452 g/mol. The summed E-state index contributed by atoms with van der Waals surface area (Å²) in [6, 6.07) is 11.8. The number of aromatic nitrogens is 7. The lowest BCUT2D eigenvalue weighted by atomic mass is 10.1. The van der Waals surface area contributed by atoms with E-state index in [-0.39, 0.29) is 11.6 Å². The van der Waals surface area contributed by atoms with Crippen LogP contribution < -0.4 is 10.9 Å². The van der Waals surface area contributed by atoms with Gasteiger partial charge in [0.1, 0.15) is 5.65 Å². The molecule has 5 aromatic rings. The third-order valence-electron chi connectivity index (χ3n) is 6.49. The lowest BCUT2D eigenvalue weighted by molar-refractivity contribution is 0.516. The van der Waals surface area contributed by atoms with Gasteiger partial charge in [0.05, 0.1) is 23.3 Å². The van der Waals surface area contributed by atoms with Crippen molar-refractivity contribution in [1.29, 1.82) is 0 Å². The number of H-pyrrole nitrogens is 1. The van der Waals surface area contributed by atoms with Crippen molar-refractivity contribution in [2.24, 2.45) is 0 Å². The minimum Gasteiger partial charge on any atom is -0.324 e. The summed E-state index contributed by atoms with van der Waals surface area (Å²) in [5, 5.41) is 11.1. The van der Waals surface area contributed by atoms with Crippen LogP contribution in [0, 0.1) is 6.92 Å². The third-order valence-corrected chi connectivity index (χ3v) is 6.49. The second-order valence-corrected chi connectivity index (χ2v) is 8.65. The van der Waals surface area contributed by atoms with Gasteiger partial charge < -0.3 is 9.88 Å². The number of rotatable bonds is 5. The molecular formula is C25H24N8O. The Bertz CT molecular complexity index is 1500. The fourth-order valence-corrected chi connectivity index (χ4v) is 4.76. The minimum absolute atomic E-state index is 0.0441. The first-order valence-corrected chi connectivity index (χ1v) is 11.5. The van der Waals surface area contributed by atoms with Crippen LogP contribution in [-0.4, -0.2) is 34.3 Å². The molecule has 9 nitrogen and oxygen atoms in total. The van der Waals surface area contributed by atoms with Gasteiger partial charge in [-0.15, -0.1) is 0 Å². The lowest BCUT2D eigenvalue weighted by Crippen LogP contribution is -2.26. The number of aryl methyl sites for hydroxylation is 1. The number of pyridine rings is 1. The molecule has 0 atom stereocenters. The van der Waals surface area contributed by atoms with E-state index in [1.165, 1.54) is 0 Å². The molecule has 4 aromatic heterocycles. The van der Waals surface area contributed by atoms with Crippen molar-refractivity contribution in [1.82, 2.24) is 34.3 Å². The molecule has 0 unspecified atom stereocenters. The van der Waals surface area contributed by atoms with Crippen LogP contribution in [0.15, 0.2) is 66.1 Å². The molecule has 0 spiro atoms. The highest BCUT2D eigenvalue weighted by molar-refractivity contribution is 5.84. The molecule has 2 N–H and O–H groups in total. The molecule has 0 saturated heterocycles. The highest BCUT2D eigenvalue weighted by Gasteiger charge is 2.24. The predicted molar refractivity (Wildman–Crippen MR) is 130 cm³/mol. The number of nitrogens with zero attached hydrogens (tertiary/aromatic N) is 6. The van der Waals surface area contributed by atoms with Crippen molar-refractivity contribution in [2.45, 2.75) is 38.6 Å². The van der Waals surface area contributed by atoms with Crippen LogP contribution in [0.1, 0.15) is 37.4 Å². The number of fused-ring (bicyclic) bond motifs is 1. The molecule has 0 radical (unpaired) electrons. The zero-order valence-corrected chi connectivity index (χ0v) is 18.8. The fourth-order valence-electron chi connectivity index (χ4n) is 4.76. The van der Waals surface area contributed by atoms with Gasteiger partial charge in [-0.3, -0.25) is 14.5 Å². The molecule has 1 fully saturated rings. The Morgan fingerprint density at radius 3 is 2.59 bits per heavy atom. The maximum absolute atomic E-state index is 13.6. The summed E-state index contributed by atoms with van der Waals surface area (Å²) in [7, 11) is 0. The normalized spacial score (nSPS) is 14.1. The Balaban J connectivity index is 1.44. The molecule has 34 heavy (non-hydrogen) atoms. The van der Waals surface area contributed by atoms with Crippen molar-refractivity contribution in [3.05, 3.63) is 77.4 Å². The summed E-state index contributed by atoms with van der Waals surface area (Å²) in [5.41, 5.74) is 4.63. The SMILES string of the molecule is Cc1nc(Nc2ccc(-n3ccnc3)cc2)nc2c1cc(-c1ccn[nH]1)c(=O)n2C1CCCC1. The van der Waals surface area contributed by atoms with Crippen molar-refractivity contribution in [3.63, 3.8) is 0 Å². The summed E-state index contributed by atoms with van der Waals surface area (Å²) >= 11 is 0. The van der Waals surface area contributed by atoms with Gasteiger partial charge in [-0.2, -0.15) is 10.1 Å². The van der Waals surface area contributed by atoms with E-state index >= 15 is 0 Å². The first-order valence-electron chi connectivity index (χ1n) is 11.5. The molecule has 4 heterocycles. The molecule has 1 aromatic carbocycles. The zero-order valence-electron chi connectivity index (χ0n) is 18.8. The number of imidazole rings is 1. The summed E-state index contributed by atoms with van der Waals surface area (Å²) in [6.45, 7) is 1.96. The van der Waals surface area contributed by atoms with Crippen molar-refractivity contribution in [3.8, 4) is 16.9 Å². The van der Waals surface area contributed by atoms with Gasteiger partial charge in [-0.25, -0.2) is 9.97 Å². The minimum atomic E-state index is -0.0441. The maximum Gasteiger partial charge on any atom is 0.261 e. The molecule has 9 heteroatoms. The Morgan fingerprint density at radius 2 is 1.88 bits per heavy atom. The molecule has 1 saturated carbocycles. The van der Waals surface area contributed by atoms with Gasteiger partial charge in [-0.05, 0) is 56.2 Å².